The van der Waals surface area contributed by atoms with Crippen molar-refractivity contribution >= 4 is 5.91 Å². The van der Waals surface area contributed by atoms with E-state index in [1.54, 1.807) is 0 Å². The third-order valence-corrected chi connectivity index (χ3v) is 2.87. The normalized spacial score (nSPS) is 15.5. The fourth-order valence-corrected chi connectivity index (χ4v) is 1.85. The summed E-state index contributed by atoms with van der Waals surface area (Å²) in [7, 11) is 3.10. The first-order valence-electron chi connectivity index (χ1n) is 5.85. The number of carbonyl (C=O) groups is 1. The van der Waals surface area contributed by atoms with Gasteiger partial charge in [-0.1, -0.05) is 0 Å². The number of amides is 1. The Labute approximate surface area is 119 Å². The summed E-state index contributed by atoms with van der Waals surface area (Å²) in [5.74, 6) is -0.927. The van der Waals surface area contributed by atoms with Gasteiger partial charge in [0.1, 0.15) is 0 Å². The fourth-order valence-electron chi connectivity index (χ4n) is 1.85. The van der Waals surface area contributed by atoms with Crippen molar-refractivity contribution in [3.63, 3.8) is 0 Å². The number of halogens is 3. The highest BCUT2D eigenvalue weighted by Gasteiger charge is 2.29. The first kappa shape index (κ1) is 17.4. The maximum Gasteiger partial charge on any atom is 0.248 e. The Morgan fingerprint density at radius 1 is 0.952 bits per heavy atom. The summed E-state index contributed by atoms with van der Waals surface area (Å²) in [6.45, 7) is 0. The molecule has 3 unspecified atom stereocenters. The number of benzene rings is 1. The lowest BCUT2D eigenvalue weighted by Gasteiger charge is -2.21. The minimum Gasteiger partial charge on any atom is -0.366 e. The summed E-state index contributed by atoms with van der Waals surface area (Å²) in [4.78, 5) is 11.2. The van der Waals surface area contributed by atoms with Crippen LogP contribution in [0.4, 0.5) is 13.2 Å². The van der Waals surface area contributed by atoms with Gasteiger partial charge in [-0.15, -0.1) is 0 Å². The van der Waals surface area contributed by atoms with Gasteiger partial charge in [0.15, 0.2) is 0 Å². The highest BCUT2D eigenvalue weighted by Crippen LogP contribution is 2.37. The first-order chi connectivity index (χ1) is 9.87. The molecule has 0 radical (unpaired) electrons. The standard InChI is InChI=1S/C13H16F3NO4/c1-19-10(14)7-4-6(13(17)18)5-8(11(15)20-2)9(7)12(16)21-3/h4-5,10-12H,1-3H3,(H2,17,18). The van der Waals surface area contributed by atoms with Gasteiger partial charge < -0.3 is 19.9 Å². The molecule has 0 fully saturated rings. The van der Waals surface area contributed by atoms with E-state index in [0.29, 0.717) is 0 Å². The average molecular weight is 307 g/mol. The summed E-state index contributed by atoms with van der Waals surface area (Å²) in [6.07, 6.45) is -6.30. The molecule has 1 amide bonds. The molecule has 0 spiro atoms. The van der Waals surface area contributed by atoms with Gasteiger partial charge in [-0.05, 0) is 12.1 Å². The lowest BCUT2D eigenvalue weighted by molar-refractivity contribution is -0.0372. The number of alkyl halides is 3. The summed E-state index contributed by atoms with van der Waals surface area (Å²) in [5.41, 5.74) is 3.68. The quantitative estimate of drug-likeness (QED) is 0.840. The number of ether oxygens (including phenoxy) is 3. The number of carbonyl (C=O) groups excluding carboxylic acids is 1. The van der Waals surface area contributed by atoms with Crippen LogP contribution in [0.5, 0.6) is 0 Å². The van der Waals surface area contributed by atoms with Crippen LogP contribution in [-0.4, -0.2) is 27.2 Å². The molecular formula is C13H16F3NO4. The van der Waals surface area contributed by atoms with Crippen LogP contribution in [0, 0.1) is 0 Å². The summed E-state index contributed by atoms with van der Waals surface area (Å²) in [6, 6.07) is 1.98. The fraction of sp³-hybridized carbons (Fsp3) is 0.462. The summed E-state index contributed by atoms with van der Waals surface area (Å²) < 4.78 is 55.1. The molecule has 0 bridgehead atoms. The lowest BCUT2D eigenvalue weighted by Crippen LogP contribution is -2.16. The van der Waals surface area contributed by atoms with Crippen molar-refractivity contribution in [2.75, 3.05) is 21.3 Å². The number of methoxy groups -OCH3 is 3. The zero-order chi connectivity index (χ0) is 16.2. The van der Waals surface area contributed by atoms with Gasteiger partial charge in [0, 0.05) is 43.6 Å². The second-order valence-electron chi connectivity index (χ2n) is 4.09. The molecule has 0 aromatic heterocycles. The van der Waals surface area contributed by atoms with Crippen LogP contribution in [0.3, 0.4) is 0 Å². The molecule has 0 aliphatic heterocycles. The zero-order valence-electron chi connectivity index (χ0n) is 11.7. The van der Waals surface area contributed by atoms with Crippen LogP contribution in [0.2, 0.25) is 0 Å². The Kier molecular flexibility index (Phi) is 6.13. The van der Waals surface area contributed by atoms with E-state index in [-0.39, 0.29) is 5.56 Å². The maximum atomic E-state index is 13.9. The molecule has 0 aliphatic rings. The summed E-state index contributed by atoms with van der Waals surface area (Å²) >= 11 is 0. The topological polar surface area (TPSA) is 70.8 Å². The number of primary amides is 1. The Morgan fingerprint density at radius 2 is 1.33 bits per heavy atom. The van der Waals surface area contributed by atoms with E-state index in [4.69, 9.17) is 5.73 Å². The molecule has 8 heteroatoms. The van der Waals surface area contributed by atoms with Crippen LogP contribution < -0.4 is 5.73 Å². The first-order valence-corrected chi connectivity index (χ1v) is 5.85. The van der Waals surface area contributed by atoms with E-state index in [1.807, 2.05) is 0 Å². The van der Waals surface area contributed by atoms with Gasteiger partial charge in [-0.25, -0.2) is 13.2 Å². The Bertz CT molecular complexity index is 481. The van der Waals surface area contributed by atoms with E-state index in [0.717, 1.165) is 33.5 Å². The molecule has 5 nitrogen and oxygen atoms in total. The molecule has 1 aromatic carbocycles. The second kappa shape index (κ2) is 7.39. The van der Waals surface area contributed by atoms with Crippen LogP contribution in [0.15, 0.2) is 12.1 Å². The zero-order valence-corrected chi connectivity index (χ0v) is 11.7. The van der Waals surface area contributed by atoms with Crippen molar-refractivity contribution in [3.05, 3.63) is 34.4 Å². The molecular weight excluding hydrogens is 291 g/mol. The van der Waals surface area contributed by atoms with Crippen molar-refractivity contribution in [2.45, 2.75) is 19.1 Å². The van der Waals surface area contributed by atoms with Gasteiger partial charge in [-0.3, -0.25) is 4.79 Å². The molecule has 0 heterocycles. The SMILES string of the molecule is COC(F)c1cc(C(N)=O)cc(C(F)OC)c1C(F)OC. The predicted molar refractivity (Wildman–Crippen MR) is 67.5 cm³/mol. The minimum absolute atomic E-state index is 0.202. The van der Waals surface area contributed by atoms with Crippen molar-refractivity contribution in [1.29, 1.82) is 0 Å². The minimum atomic E-state index is -2.13. The van der Waals surface area contributed by atoms with Crippen molar-refractivity contribution < 1.29 is 32.2 Å². The molecule has 2 N–H and O–H groups in total. The molecule has 0 saturated heterocycles. The second-order valence-corrected chi connectivity index (χ2v) is 4.09. The highest BCUT2D eigenvalue weighted by atomic mass is 19.2. The van der Waals surface area contributed by atoms with Gasteiger partial charge in [0.2, 0.25) is 25.0 Å². The van der Waals surface area contributed by atoms with Gasteiger partial charge in [-0.2, -0.15) is 0 Å². The number of hydrogen-bond acceptors (Lipinski definition) is 4. The average Bonchev–Trinajstić information content (AvgIpc) is 2.50. The van der Waals surface area contributed by atoms with Gasteiger partial charge in [0.05, 0.1) is 0 Å². The Balaban J connectivity index is 3.63. The number of hydrogen-bond donors (Lipinski definition) is 1. The highest BCUT2D eigenvalue weighted by molar-refractivity contribution is 5.93. The van der Waals surface area contributed by atoms with E-state index in [1.165, 1.54) is 0 Å². The number of nitrogens with two attached hydrogens (primary N) is 1. The molecule has 3 atom stereocenters. The monoisotopic (exact) mass is 307 g/mol. The molecule has 0 saturated carbocycles. The van der Waals surface area contributed by atoms with Crippen LogP contribution in [0.1, 0.15) is 46.1 Å². The molecule has 118 valence electrons. The van der Waals surface area contributed by atoms with Gasteiger partial charge >= 0.3 is 0 Å². The van der Waals surface area contributed by atoms with E-state index in [9.17, 15) is 18.0 Å². The smallest absolute Gasteiger partial charge is 0.248 e. The molecule has 1 aromatic rings. The van der Waals surface area contributed by atoms with Gasteiger partial charge in [0.25, 0.3) is 0 Å². The maximum absolute atomic E-state index is 13.9. The van der Waals surface area contributed by atoms with Crippen molar-refractivity contribution in [2.24, 2.45) is 5.73 Å². The van der Waals surface area contributed by atoms with E-state index >= 15 is 0 Å². The summed E-state index contributed by atoms with van der Waals surface area (Å²) in [5, 5.41) is 0. The molecule has 1 rings (SSSR count). The Hall–Kier alpha value is -1.64. The largest absolute Gasteiger partial charge is 0.366 e. The van der Waals surface area contributed by atoms with Crippen LogP contribution >= 0.6 is 0 Å². The van der Waals surface area contributed by atoms with Crippen LogP contribution in [0.25, 0.3) is 0 Å². The van der Waals surface area contributed by atoms with Crippen LogP contribution in [-0.2, 0) is 14.2 Å². The predicted octanol–water partition coefficient (Wildman–Crippen LogP) is 2.63. The molecule has 21 heavy (non-hydrogen) atoms. The Morgan fingerprint density at radius 3 is 1.62 bits per heavy atom. The molecule has 0 aliphatic carbocycles. The third kappa shape index (κ3) is 3.72. The van der Waals surface area contributed by atoms with E-state index < -0.39 is 41.7 Å². The lowest BCUT2D eigenvalue weighted by atomic mass is 9.96. The van der Waals surface area contributed by atoms with E-state index in [2.05, 4.69) is 14.2 Å². The van der Waals surface area contributed by atoms with Crippen molar-refractivity contribution in [3.8, 4) is 0 Å². The third-order valence-electron chi connectivity index (χ3n) is 2.87. The number of rotatable bonds is 7. The van der Waals surface area contributed by atoms with Crippen molar-refractivity contribution in [1.82, 2.24) is 0 Å².